The molecule has 160 valence electrons. The Hall–Kier alpha value is -3.68. The van der Waals surface area contributed by atoms with Crippen molar-refractivity contribution < 1.29 is 13.9 Å². The highest BCUT2D eigenvalue weighted by Crippen LogP contribution is 2.28. The lowest BCUT2D eigenvalue weighted by molar-refractivity contribution is 0.0737. The van der Waals surface area contributed by atoms with Crippen LogP contribution in [0.5, 0.6) is 5.75 Å². The van der Waals surface area contributed by atoms with Gasteiger partial charge in [-0.1, -0.05) is 24.3 Å². The number of anilines is 1. The van der Waals surface area contributed by atoms with Crippen molar-refractivity contribution in [3.63, 3.8) is 0 Å². The van der Waals surface area contributed by atoms with Gasteiger partial charge in [0.05, 0.1) is 12.8 Å². The molecule has 1 aliphatic heterocycles. The molecule has 1 aliphatic rings. The molecule has 1 amide bonds. The number of aromatic nitrogens is 2. The second kappa shape index (κ2) is 8.59. The lowest BCUT2D eigenvalue weighted by Crippen LogP contribution is -2.50. The van der Waals surface area contributed by atoms with Crippen molar-refractivity contribution in [2.45, 2.75) is 6.92 Å². The molecule has 0 radical (unpaired) electrons. The SMILES string of the molecule is COc1ccccc1N1CCN(C(=O)c2nn(-c3ccccc3F)c(C)cc2=O)CC1. The van der Waals surface area contributed by atoms with E-state index < -0.39 is 17.2 Å². The number of carbonyl (C=O) groups is 1. The molecule has 0 bridgehead atoms. The zero-order valence-electron chi connectivity index (χ0n) is 17.4. The smallest absolute Gasteiger partial charge is 0.278 e. The first-order valence-electron chi connectivity index (χ1n) is 10.0. The number of piperazine rings is 1. The minimum Gasteiger partial charge on any atom is -0.495 e. The largest absolute Gasteiger partial charge is 0.495 e. The molecule has 0 atom stereocenters. The number of nitrogens with zero attached hydrogens (tertiary/aromatic N) is 4. The van der Waals surface area contributed by atoms with Crippen molar-refractivity contribution in [2.75, 3.05) is 38.2 Å². The summed E-state index contributed by atoms with van der Waals surface area (Å²) in [7, 11) is 1.63. The van der Waals surface area contributed by atoms with E-state index in [1.54, 1.807) is 37.1 Å². The molecule has 8 heteroatoms. The fourth-order valence-electron chi connectivity index (χ4n) is 3.75. The molecule has 2 aromatic carbocycles. The molecule has 4 rings (SSSR count). The average Bonchev–Trinajstić information content (AvgIpc) is 2.79. The normalized spacial score (nSPS) is 13.9. The van der Waals surface area contributed by atoms with Crippen LogP contribution in [0.15, 0.2) is 59.4 Å². The topological polar surface area (TPSA) is 67.7 Å². The van der Waals surface area contributed by atoms with E-state index in [0.717, 1.165) is 11.4 Å². The molecule has 3 aromatic rings. The van der Waals surface area contributed by atoms with Crippen molar-refractivity contribution in [1.29, 1.82) is 0 Å². The number of rotatable bonds is 4. The van der Waals surface area contributed by atoms with E-state index in [2.05, 4.69) is 10.00 Å². The zero-order chi connectivity index (χ0) is 22.0. The monoisotopic (exact) mass is 422 g/mol. The Kier molecular flexibility index (Phi) is 5.70. The first-order chi connectivity index (χ1) is 15.0. The maximum absolute atomic E-state index is 14.3. The number of methoxy groups -OCH3 is 1. The Morgan fingerprint density at radius 3 is 2.32 bits per heavy atom. The molecule has 0 unspecified atom stereocenters. The number of aryl methyl sites for hydroxylation is 1. The Labute approximate surface area is 179 Å². The quantitative estimate of drug-likeness (QED) is 0.647. The average molecular weight is 422 g/mol. The number of ether oxygens (including phenoxy) is 1. The third kappa shape index (κ3) is 4.01. The van der Waals surface area contributed by atoms with Gasteiger partial charge >= 0.3 is 0 Å². The Morgan fingerprint density at radius 2 is 1.65 bits per heavy atom. The second-order valence-electron chi connectivity index (χ2n) is 7.31. The molecule has 7 nitrogen and oxygen atoms in total. The van der Waals surface area contributed by atoms with Gasteiger partial charge in [-0.25, -0.2) is 9.07 Å². The third-order valence-electron chi connectivity index (χ3n) is 5.38. The number of hydrogen-bond donors (Lipinski definition) is 0. The molecule has 1 aromatic heterocycles. The van der Waals surface area contributed by atoms with Crippen LogP contribution in [-0.2, 0) is 0 Å². The van der Waals surface area contributed by atoms with Gasteiger partial charge < -0.3 is 14.5 Å². The zero-order valence-corrected chi connectivity index (χ0v) is 17.4. The van der Waals surface area contributed by atoms with E-state index in [0.29, 0.717) is 31.9 Å². The van der Waals surface area contributed by atoms with Gasteiger partial charge in [0.1, 0.15) is 17.3 Å². The molecular weight excluding hydrogens is 399 g/mol. The summed E-state index contributed by atoms with van der Waals surface area (Å²) in [5.74, 6) is -0.157. The molecule has 1 fully saturated rings. The summed E-state index contributed by atoms with van der Waals surface area (Å²) in [5, 5.41) is 4.22. The van der Waals surface area contributed by atoms with Gasteiger partial charge in [0, 0.05) is 37.9 Å². The molecular formula is C23H23FN4O3. The van der Waals surface area contributed by atoms with Crippen molar-refractivity contribution in [3.05, 3.63) is 82.0 Å². The summed E-state index contributed by atoms with van der Waals surface area (Å²) >= 11 is 0. The van der Waals surface area contributed by atoms with Crippen LogP contribution in [0, 0.1) is 12.7 Å². The van der Waals surface area contributed by atoms with Crippen LogP contribution in [0.25, 0.3) is 5.69 Å². The first kappa shape index (κ1) is 20.6. The minimum absolute atomic E-state index is 0.190. The Bertz CT molecular complexity index is 1170. The van der Waals surface area contributed by atoms with Crippen molar-refractivity contribution in [2.24, 2.45) is 0 Å². The number of carbonyl (C=O) groups excluding carboxylic acids is 1. The van der Waals surface area contributed by atoms with Crippen molar-refractivity contribution in [1.82, 2.24) is 14.7 Å². The third-order valence-corrected chi connectivity index (χ3v) is 5.38. The van der Waals surface area contributed by atoms with Gasteiger partial charge in [0.25, 0.3) is 5.91 Å². The van der Waals surface area contributed by atoms with E-state index in [9.17, 15) is 14.0 Å². The first-order valence-corrected chi connectivity index (χ1v) is 10.0. The van der Waals surface area contributed by atoms with Crippen LogP contribution in [-0.4, -0.2) is 53.9 Å². The summed E-state index contributed by atoms with van der Waals surface area (Å²) in [6, 6.07) is 15.2. The van der Waals surface area contributed by atoms with E-state index in [1.807, 2.05) is 24.3 Å². The molecule has 0 spiro atoms. The highest BCUT2D eigenvalue weighted by atomic mass is 19.1. The molecule has 2 heterocycles. The van der Waals surface area contributed by atoms with E-state index in [1.165, 1.54) is 16.8 Å². The Balaban J connectivity index is 1.56. The van der Waals surface area contributed by atoms with Crippen LogP contribution in [0.3, 0.4) is 0 Å². The van der Waals surface area contributed by atoms with Crippen LogP contribution in [0.4, 0.5) is 10.1 Å². The standard InChI is InChI=1S/C23H23FN4O3/c1-16-15-20(29)22(25-28(16)18-8-4-3-7-17(18)24)23(30)27-13-11-26(12-14-27)19-9-5-6-10-21(19)31-2/h3-10,15H,11-14H2,1-2H3. The lowest BCUT2D eigenvalue weighted by atomic mass is 10.2. The minimum atomic E-state index is -0.481. The van der Waals surface area contributed by atoms with Gasteiger partial charge in [-0.2, -0.15) is 5.10 Å². The number of halogens is 1. The Morgan fingerprint density at radius 1 is 1.00 bits per heavy atom. The number of hydrogen-bond acceptors (Lipinski definition) is 5. The van der Waals surface area contributed by atoms with Crippen molar-refractivity contribution in [3.8, 4) is 11.4 Å². The fraction of sp³-hybridized carbons (Fsp3) is 0.261. The van der Waals surface area contributed by atoms with Gasteiger partial charge in [-0.15, -0.1) is 0 Å². The summed E-state index contributed by atoms with van der Waals surface area (Å²) in [4.78, 5) is 29.3. The number of benzene rings is 2. The molecule has 0 N–H and O–H groups in total. The van der Waals surface area contributed by atoms with Crippen LogP contribution >= 0.6 is 0 Å². The molecule has 31 heavy (non-hydrogen) atoms. The summed E-state index contributed by atoms with van der Waals surface area (Å²) in [6.45, 7) is 3.72. The maximum Gasteiger partial charge on any atom is 0.278 e. The molecule has 0 aliphatic carbocycles. The highest BCUT2D eigenvalue weighted by molar-refractivity contribution is 5.92. The maximum atomic E-state index is 14.3. The van der Waals surface area contributed by atoms with Gasteiger partial charge in [0.2, 0.25) is 5.43 Å². The van der Waals surface area contributed by atoms with E-state index in [-0.39, 0.29) is 11.4 Å². The number of para-hydroxylation sites is 3. The fourth-order valence-corrected chi connectivity index (χ4v) is 3.75. The van der Waals surface area contributed by atoms with Crippen molar-refractivity contribution >= 4 is 11.6 Å². The van der Waals surface area contributed by atoms with Crippen LogP contribution < -0.4 is 15.1 Å². The predicted molar refractivity (Wildman–Crippen MR) is 116 cm³/mol. The number of amides is 1. The predicted octanol–water partition coefficient (Wildman–Crippen LogP) is 2.65. The molecule has 0 saturated carbocycles. The highest BCUT2D eigenvalue weighted by Gasteiger charge is 2.27. The van der Waals surface area contributed by atoms with Crippen LogP contribution in [0.1, 0.15) is 16.2 Å². The summed E-state index contributed by atoms with van der Waals surface area (Å²) < 4.78 is 21.0. The van der Waals surface area contributed by atoms with Crippen LogP contribution in [0.2, 0.25) is 0 Å². The molecule has 1 saturated heterocycles. The summed E-state index contributed by atoms with van der Waals surface area (Å²) in [5.41, 5.74) is 0.928. The second-order valence-corrected chi connectivity index (χ2v) is 7.31. The van der Waals surface area contributed by atoms with Gasteiger partial charge in [0.15, 0.2) is 5.69 Å². The van der Waals surface area contributed by atoms with Gasteiger partial charge in [-0.3, -0.25) is 9.59 Å². The lowest BCUT2D eigenvalue weighted by Gasteiger charge is -2.36. The van der Waals surface area contributed by atoms with E-state index >= 15 is 0 Å². The van der Waals surface area contributed by atoms with E-state index in [4.69, 9.17) is 4.74 Å². The van der Waals surface area contributed by atoms with Gasteiger partial charge in [-0.05, 0) is 31.2 Å². The summed E-state index contributed by atoms with van der Waals surface area (Å²) in [6.07, 6.45) is 0.